The number of ether oxygens (including phenoxy) is 2. The van der Waals surface area contributed by atoms with Gasteiger partial charge in [0.05, 0.1) is 31.4 Å². The summed E-state index contributed by atoms with van der Waals surface area (Å²) in [5, 5.41) is 11.7. The van der Waals surface area contributed by atoms with Gasteiger partial charge in [0.25, 0.3) is 11.7 Å². The Hall–Kier alpha value is -3.84. The first kappa shape index (κ1) is 21.4. The summed E-state index contributed by atoms with van der Waals surface area (Å²) in [5.74, 6) is -1.19. The molecule has 1 amide bonds. The highest BCUT2D eigenvalue weighted by molar-refractivity contribution is 6.51. The summed E-state index contributed by atoms with van der Waals surface area (Å²) in [6.45, 7) is 0. The smallest absolute Gasteiger partial charge is 0.300 e. The zero-order valence-electron chi connectivity index (χ0n) is 17.3. The van der Waals surface area contributed by atoms with Crippen molar-refractivity contribution in [1.82, 2.24) is 4.98 Å². The van der Waals surface area contributed by atoms with E-state index in [1.165, 1.54) is 19.1 Å². The van der Waals surface area contributed by atoms with Crippen molar-refractivity contribution in [2.45, 2.75) is 6.04 Å². The second-order valence-corrected chi connectivity index (χ2v) is 7.43. The molecule has 162 valence electrons. The number of amides is 1. The average Bonchev–Trinajstić information content (AvgIpc) is 3.09. The van der Waals surface area contributed by atoms with E-state index in [2.05, 4.69) is 4.98 Å². The van der Waals surface area contributed by atoms with Crippen molar-refractivity contribution >= 4 is 34.7 Å². The molecule has 1 aliphatic heterocycles. The van der Waals surface area contributed by atoms with E-state index >= 15 is 0 Å². The number of methoxy groups -OCH3 is 2. The van der Waals surface area contributed by atoms with Crippen LogP contribution in [0.15, 0.2) is 72.6 Å². The van der Waals surface area contributed by atoms with Crippen molar-refractivity contribution < 1.29 is 24.2 Å². The molecule has 1 atom stereocenters. The third-order valence-electron chi connectivity index (χ3n) is 5.21. The maximum Gasteiger partial charge on any atom is 0.300 e. The van der Waals surface area contributed by atoms with Crippen LogP contribution in [-0.2, 0) is 9.59 Å². The number of rotatable bonds is 5. The second kappa shape index (κ2) is 8.72. The Morgan fingerprint density at radius 2 is 1.78 bits per heavy atom. The highest BCUT2D eigenvalue weighted by atomic mass is 35.5. The van der Waals surface area contributed by atoms with Crippen molar-refractivity contribution in [3.63, 3.8) is 0 Å². The number of benzene rings is 2. The van der Waals surface area contributed by atoms with Crippen molar-refractivity contribution in [2.24, 2.45) is 0 Å². The minimum absolute atomic E-state index is 0.0762. The van der Waals surface area contributed by atoms with Crippen LogP contribution >= 0.6 is 11.6 Å². The Morgan fingerprint density at radius 3 is 2.44 bits per heavy atom. The highest BCUT2D eigenvalue weighted by Crippen LogP contribution is 2.43. The molecule has 0 spiro atoms. The molecule has 0 bridgehead atoms. The quantitative estimate of drug-likeness (QED) is 0.352. The van der Waals surface area contributed by atoms with Gasteiger partial charge in [-0.2, -0.15) is 0 Å². The fourth-order valence-electron chi connectivity index (χ4n) is 3.73. The molecule has 8 heteroatoms. The highest BCUT2D eigenvalue weighted by Gasteiger charge is 2.47. The van der Waals surface area contributed by atoms with E-state index in [4.69, 9.17) is 21.1 Å². The molecular formula is C24H19ClN2O5. The molecule has 1 saturated heterocycles. The van der Waals surface area contributed by atoms with E-state index in [-0.39, 0.29) is 16.9 Å². The van der Waals surface area contributed by atoms with Crippen LogP contribution < -0.4 is 14.4 Å². The van der Waals surface area contributed by atoms with Gasteiger partial charge in [0.1, 0.15) is 17.3 Å². The number of aromatic nitrogens is 1. The first-order valence-corrected chi connectivity index (χ1v) is 10.0. The Balaban J connectivity index is 1.98. The van der Waals surface area contributed by atoms with E-state index in [0.717, 1.165) is 0 Å². The number of aliphatic hydroxyl groups is 1. The van der Waals surface area contributed by atoms with E-state index in [9.17, 15) is 14.7 Å². The van der Waals surface area contributed by atoms with Crippen LogP contribution in [0.3, 0.4) is 0 Å². The molecule has 1 aromatic heterocycles. The van der Waals surface area contributed by atoms with Crippen LogP contribution in [0, 0.1) is 0 Å². The van der Waals surface area contributed by atoms with Crippen molar-refractivity contribution in [3.05, 3.63) is 88.7 Å². The number of hydrogen-bond acceptors (Lipinski definition) is 6. The van der Waals surface area contributed by atoms with Gasteiger partial charge in [-0.05, 0) is 54.1 Å². The molecule has 0 radical (unpaired) electrons. The average molecular weight is 451 g/mol. The molecule has 1 N–H and O–H groups in total. The predicted octanol–water partition coefficient (Wildman–Crippen LogP) is 4.38. The van der Waals surface area contributed by atoms with Crippen LogP contribution in [0.1, 0.15) is 17.2 Å². The van der Waals surface area contributed by atoms with Crippen molar-refractivity contribution in [2.75, 3.05) is 19.1 Å². The Bertz CT molecular complexity index is 1230. The number of nitrogens with zero attached hydrogens (tertiary/aromatic N) is 2. The number of hydrogen-bond donors (Lipinski definition) is 1. The molecule has 3 aromatic rings. The molecule has 2 heterocycles. The van der Waals surface area contributed by atoms with E-state index in [1.807, 2.05) is 0 Å². The third-order valence-corrected chi connectivity index (χ3v) is 5.45. The van der Waals surface area contributed by atoms with Crippen LogP contribution in [0.4, 0.5) is 5.69 Å². The lowest BCUT2D eigenvalue weighted by molar-refractivity contribution is -0.132. The molecule has 0 aliphatic carbocycles. The Labute approximate surface area is 189 Å². The second-order valence-electron chi connectivity index (χ2n) is 7.00. The number of carbonyl (C=O) groups excluding carboxylic acids is 2. The van der Waals surface area contributed by atoms with Gasteiger partial charge in [0, 0.05) is 23.1 Å². The first-order valence-electron chi connectivity index (χ1n) is 9.65. The lowest BCUT2D eigenvalue weighted by Crippen LogP contribution is -2.29. The van der Waals surface area contributed by atoms with E-state index in [0.29, 0.717) is 27.8 Å². The van der Waals surface area contributed by atoms with Gasteiger partial charge in [-0.3, -0.25) is 19.5 Å². The van der Waals surface area contributed by atoms with Gasteiger partial charge in [-0.15, -0.1) is 0 Å². The first-order chi connectivity index (χ1) is 15.5. The topological polar surface area (TPSA) is 89.0 Å². The third kappa shape index (κ3) is 3.67. The molecule has 1 unspecified atom stereocenters. The minimum Gasteiger partial charge on any atom is -0.507 e. The lowest BCUT2D eigenvalue weighted by atomic mass is 9.95. The maximum absolute atomic E-state index is 13.2. The monoisotopic (exact) mass is 450 g/mol. The zero-order valence-corrected chi connectivity index (χ0v) is 18.0. The summed E-state index contributed by atoms with van der Waals surface area (Å²) >= 11 is 6.14. The molecule has 1 fully saturated rings. The number of pyridine rings is 1. The molecular weight excluding hydrogens is 432 g/mol. The fraction of sp³-hybridized carbons (Fsp3) is 0.125. The summed E-state index contributed by atoms with van der Waals surface area (Å²) in [7, 11) is 2.93. The Morgan fingerprint density at radius 1 is 1.03 bits per heavy atom. The molecule has 1 aliphatic rings. The molecule has 7 nitrogen and oxygen atoms in total. The number of aliphatic hydroxyl groups excluding tert-OH is 1. The summed E-state index contributed by atoms with van der Waals surface area (Å²) < 4.78 is 10.6. The number of anilines is 1. The molecule has 2 aromatic carbocycles. The number of halogens is 1. The summed E-state index contributed by atoms with van der Waals surface area (Å²) in [5.41, 5.74) is 1.18. The van der Waals surface area contributed by atoms with Crippen LogP contribution in [0.5, 0.6) is 11.5 Å². The summed E-state index contributed by atoms with van der Waals surface area (Å²) in [6.07, 6.45) is 3.11. The number of ketones is 1. The van der Waals surface area contributed by atoms with Crippen LogP contribution in [-0.4, -0.2) is 36.0 Å². The van der Waals surface area contributed by atoms with Gasteiger partial charge in [-0.25, -0.2) is 0 Å². The SMILES string of the molecule is COc1ccc(OC)c(/C(O)=C2\C(=O)C(=O)N(c3cccc(Cl)c3)C2c2ccncc2)c1. The van der Waals surface area contributed by atoms with Crippen LogP contribution in [0.25, 0.3) is 5.76 Å². The molecule has 4 rings (SSSR count). The number of Topliss-reactive ketones (excluding diaryl/α,β-unsaturated/α-hetero) is 1. The van der Waals surface area contributed by atoms with E-state index in [1.54, 1.807) is 67.0 Å². The fourth-order valence-corrected chi connectivity index (χ4v) is 3.91. The van der Waals surface area contributed by atoms with Gasteiger partial charge in [0.15, 0.2) is 0 Å². The normalized spacial score (nSPS) is 17.5. The van der Waals surface area contributed by atoms with Gasteiger partial charge in [0.2, 0.25) is 0 Å². The van der Waals surface area contributed by atoms with E-state index < -0.39 is 17.7 Å². The zero-order chi connectivity index (χ0) is 22.8. The maximum atomic E-state index is 13.2. The largest absolute Gasteiger partial charge is 0.507 e. The molecule has 0 saturated carbocycles. The van der Waals surface area contributed by atoms with Gasteiger partial charge >= 0.3 is 0 Å². The van der Waals surface area contributed by atoms with Gasteiger partial charge in [-0.1, -0.05) is 17.7 Å². The summed E-state index contributed by atoms with van der Waals surface area (Å²) in [6, 6.07) is 13.9. The van der Waals surface area contributed by atoms with Crippen molar-refractivity contribution in [3.8, 4) is 11.5 Å². The van der Waals surface area contributed by atoms with Crippen molar-refractivity contribution in [1.29, 1.82) is 0 Å². The molecule has 32 heavy (non-hydrogen) atoms. The predicted molar refractivity (Wildman–Crippen MR) is 120 cm³/mol. The number of carbonyl (C=O) groups is 2. The minimum atomic E-state index is -0.896. The van der Waals surface area contributed by atoms with Crippen LogP contribution in [0.2, 0.25) is 5.02 Å². The standard InChI is InChI=1S/C24H19ClN2O5/c1-31-17-6-7-19(32-2)18(13-17)22(28)20-21(14-8-10-26-11-9-14)27(24(30)23(20)29)16-5-3-4-15(25)12-16/h3-13,21,28H,1-2H3/b22-20+. The lowest BCUT2D eigenvalue weighted by Gasteiger charge is -2.25. The summed E-state index contributed by atoms with van der Waals surface area (Å²) in [4.78, 5) is 31.7. The Kier molecular flexibility index (Phi) is 5.83. The van der Waals surface area contributed by atoms with Gasteiger partial charge < -0.3 is 14.6 Å².